The number of rotatable bonds is 5. The Kier molecular flexibility index (Phi) is 5.98. The lowest BCUT2D eigenvalue weighted by atomic mass is 9.96. The van der Waals surface area contributed by atoms with Crippen LogP contribution in [0, 0.1) is 0 Å². The fraction of sp³-hybridized carbons (Fsp3) is 0.867. The molecule has 3 aliphatic heterocycles. The zero-order valence-electron chi connectivity index (χ0n) is 14.4. The van der Waals surface area contributed by atoms with E-state index in [2.05, 4.69) is 4.99 Å². The number of aliphatic hydroxyl groups excluding tert-OH is 5. The number of hydrogen-bond donors (Lipinski definition) is 6. The lowest BCUT2D eigenvalue weighted by Crippen LogP contribution is -2.64. The molecule has 3 rings (SSSR count). The van der Waals surface area contributed by atoms with Crippen molar-refractivity contribution in [1.29, 1.82) is 0 Å². The summed E-state index contributed by atoms with van der Waals surface area (Å²) in [7, 11) is 0. The number of aliphatic hydroxyl groups is 5. The third kappa shape index (κ3) is 3.67. The molecule has 0 aromatic heterocycles. The molecular formula is C15H23NO11. The number of hydrogen-bond acceptors (Lipinski definition) is 11. The minimum Gasteiger partial charge on any atom is -0.479 e. The maximum atomic E-state index is 11.2. The average molecular weight is 393 g/mol. The smallest absolute Gasteiger partial charge is 0.335 e. The van der Waals surface area contributed by atoms with E-state index in [-0.39, 0.29) is 0 Å². The molecule has 2 fully saturated rings. The maximum absolute atomic E-state index is 11.2. The van der Waals surface area contributed by atoms with E-state index in [1.807, 2.05) is 0 Å². The van der Waals surface area contributed by atoms with Gasteiger partial charge in [-0.15, -0.1) is 0 Å². The molecule has 0 amide bonds. The molecule has 6 N–H and O–H groups in total. The van der Waals surface area contributed by atoms with Crippen molar-refractivity contribution in [3.05, 3.63) is 0 Å². The number of fused-ring (bicyclic) bond motifs is 1. The van der Waals surface area contributed by atoms with Gasteiger partial charge in [0.05, 0.1) is 6.61 Å². The van der Waals surface area contributed by atoms with Crippen molar-refractivity contribution in [2.45, 2.75) is 74.7 Å². The molecule has 0 spiro atoms. The molecule has 0 unspecified atom stereocenters. The SMILES string of the molecule is CCC1=N[C@@H]2[C@H](O1)O[C@H](CO)[C@@H](O)[C@@H]2O[C@@H]1O[C@H](C(=O)O)[C@@H](O)[C@H](O)[C@H]1O. The van der Waals surface area contributed by atoms with Crippen molar-refractivity contribution >= 4 is 11.9 Å². The standard InChI is InChI=1S/C15H23NO11/c1-2-5-16-6-11(7(18)4(3-17)24-14(6)25-5)26-15-10(21)8(19)9(20)12(27-15)13(22)23/h4,6-12,14-15,17-21H,2-3H2,1H3,(H,22,23)/t4-,6+,7-,8+,9+,10-,11-,12+,14+,15-/m1/s1. The summed E-state index contributed by atoms with van der Waals surface area (Å²) in [5, 5.41) is 58.7. The largest absolute Gasteiger partial charge is 0.479 e. The molecule has 0 radical (unpaired) electrons. The van der Waals surface area contributed by atoms with Gasteiger partial charge in [0.15, 0.2) is 18.3 Å². The minimum atomic E-state index is -1.87. The summed E-state index contributed by atoms with van der Waals surface area (Å²) in [5.41, 5.74) is 0. The highest BCUT2D eigenvalue weighted by atomic mass is 16.7. The van der Waals surface area contributed by atoms with E-state index < -0.39 is 73.9 Å². The summed E-state index contributed by atoms with van der Waals surface area (Å²) in [6, 6.07) is -0.860. The fourth-order valence-electron chi connectivity index (χ4n) is 3.27. The van der Waals surface area contributed by atoms with Crippen LogP contribution in [0.25, 0.3) is 0 Å². The summed E-state index contributed by atoms with van der Waals surface area (Å²) in [6.07, 6.45) is -13.2. The maximum Gasteiger partial charge on any atom is 0.335 e. The van der Waals surface area contributed by atoms with Gasteiger partial charge in [0, 0.05) is 6.42 Å². The van der Waals surface area contributed by atoms with Gasteiger partial charge in [-0.25, -0.2) is 9.79 Å². The van der Waals surface area contributed by atoms with Crippen LogP contribution >= 0.6 is 0 Å². The van der Waals surface area contributed by atoms with Crippen LogP contribution in [0.2, 0.25) is 0 Å². The second-order valence-corrected chi connectivity index (χ2v) is 6.54. The van der Waals surface area contributed by atoms with Crippen molar-refractivity contribution in [2.75, 3.05) is 6.61 Å². The molecule has 0 saturated carbocycles. The Morgan fingerprint density at radius 3 is 2.41 bits per heavy atom. The Bertz CT molecular complexity index is 586. The first-order valence-corrected chi connectivity index (χ1v) is 8.54. The molecule has 10 atom stereocenters. The molecule has 154 valence electrons. The molecule has 12 heteroatoms. The van der Waals surface area contributed by atoms with Crippen LogP contribution in [-0.4, -0.2) is 110 Å². The molecule has 0 aromatic rings. The second-order valence-electron chi connectivity index (χ2n) is 6.54. The first kappa shape index (κ1) is 20.4. The number of carbonyl (C=O) groups is 1. The summed E-state index contributed by atoms with van der Waals surface area (Å²) < 4.78 is 21.6. The third-order valence-corrected chi connectivity index (χ3v) is 4.77. The van der Waals surface area contributed by atoms with Crippen LogP contribution < -0.4 is 0 Å². The Morgan fingerprint density at radius 1 is 1.11 bits per heavy atom. The van der Waals surface area contributed by atoms with Gasteiger partial charge in [0.2, 0.25) is 6.29 Å². The van der Waals surface area contributed by atoms with Crippen molar-refractivity contribution in [1.82, 2.24) is 0 Å². The summed E-state index contributed by atoms with van der Waals surface area (Å²) in [4.78, 5) is 15.4. The number of carboxylic acid groups (broad SMARTS) is 1. The topological polar surface area (TPSA) is 188 Å². The van der Waals surface area contributed by atoms with E-state index in [1.165, 1.54) is 0 Å². The number of ether oxygens (including phenoxy) is 4. The van der Waals surface area contributed by atoms with Gasteiger partial charge in [-0.2, -0.15) is 0 Å². The lowest BCUT2D eigenvalue weighted by Gasteiger charge is -2.44. The van der Waals surface area contributed by atoms with Crippen LogP contribution in [0.1, 0.15) is 13.3 Å². The highest BCUT2D eigenvalue weighted by molar-refractivity contribution is 5.77. The van der Waals surface area contributed by atoms with E-state index in [9.17, 15) is 30.3 Å². The van der Waals surface area contributed by atoms with Gasteiger partial charge in [-0.05, 0) is 0 Å². The lowest BCUT2D eigenvalue weighted by molar-refractivity contribution is -0.331. The molecule has 12 nitrogen and oxygen atoms in total. The Morgan fingerprint density at radius 2 is 1.81 bits per heavy atom. The first-order valence-electron chi connectivity index (χ1n) is 8.54. The van der Waals surface area contributed by atoms with Crippen LogP contribution in [0.5, 0.6) is 0 Å². The Labute approximate surface area is 153 Å². The van der Waals surface area contributed by atoms with E-state index in [0.29, 0.717) is 12.3 Å². The molecule has 0 bridgehead atoms. The minimum absolute atomic E-state index is 0.341. The Hall–Kier alpha value is -1.38. The molecule has 0 aromatic carbocycles. The zero-order chi connectivity index (χ0) is 19.9. The van der Waals surface area contributed by atoms with Crippen molar-refractivity contribution < 1.29 is 54.4 Å². The van der Waals surface area contributed by atoms with E-state index >= 15 is 0 Å². The average Bonchev–Trinajstić information content (AvgIpc) is 3.06. The van der Waals surface area contributed by atoms with E-state index in [1.54, 1.807) is 6.92 Å². The van der Waals surface area contributed by atoms with Gasteiger partial charge in [-0.1, -0.05) is 6.92 Å². The summed E-state index contributed by atoms with van der Waals surface area (Å²) in [6.45, 7) is 1.23. The zero-order valence-corrected chi connectivity index (χ0v) is 14.4. The quantitative estimate of drug-likeness (QED) is 0.272. The number of carboxylic acids is 1. The van der Waals surface area contributed by atoms with Crippen molar-refractivity contribution in [2.24, 2.45) is 4.99 Å². The van der Waals surface area contributed by atoms with Crippen molar-refractivity contribution in [3.63, 3.8) is 0 Å². The third-order valence-electron chi connectivity index (χ3n) is 4.77. The van der Waals surface area contributed by atoms with Gasteiger partial charge in [-0.3, -0.25) is 0 Å². The number of nitrogens with zero attached hydrogens (tertiary/aromatic N) is 1. The first-order chi connectivity index (χ1) is 12.8. The molecule has 3 heterocycles. The van der Waals surface area contributed by atoms with Crippen LogP contribution in [-0.2, 0) is 23.7 Å². The predicted octanol–water partition coefficient (Wildman–Crippen LogP) is -3.45. The normalized spacial score (nSPS) is 47.1. The molecular weight excluding hydrogens is 370 g/mol. The monoisotopic (exact) mass is 393 g/mol. The molecule has 3 aliphatic rings. The fourth-order valence-corrected chi connectivity index (χ4v) is 3.27. The molecule has 2 saturated heterocycles. The van der Waals surface area contributed by atoms with E-state index in [4.69, 9.17) is 24.1 Å². The Balaban J connectivity index is 1.82. The number of aliphatic imine (C=N–C) groups is 1. The van der Waals surface area contributed by atoms with Crippen LogP contribution in [0.4, 0.5) is 0 Å². The van der Waals surface area contributed by atoms with Gasteiger partial charge in [0.25, 0.3) is 0 Å². The van der Waals surface area contributed by atoms with Crippen LogP contribution in [0.15, 0.2) is 4.99 Å². The second kappa shape index (κ2) is 7.93. The predicted molar refractivity (Wildman–Crippen MR) is 83.5 cm³/mol. The van der Waals surface area contributed by atoms with Crippen LogP contribution in [0.3, 0.4) is 0 Å². The molecule has 0 aliphatic carbocycles. The van der Waals surface area contributed by atoms with E-state index in [0.717, 1.165) is 0 Å². The number of aliphatic carboxylic acids is 1. The highest BCUT2D eigenvalue weighted by Gasteiger charge is 2.54. The van der Waals surface area contributed by atoms with Gasteiger partial charge < -0.3 is 49.6 Å². The summed E-state index contributed by atoms with van der Waals surface area (Å²) >= 11 is 0. The molecule has 27 heavy (non-hydrogen) atoms. The van der Waals surface area contributed by atoms with Gasteiger partial charge in [0.1, 0.15) is 42.7 Å². The summed E-state index contributed by atoms with van der Waals surface area (Å²) in [5.74, 6) is -1.22. The van der Waals surface area contributed by atoms with Gasteiger partial charge >= 0.3 is 5.97 Å². The highest BCUT2D eigenvalue weighted by Crippen LogP contribution is 2.33. The van der Waals surface area contributed by atoms with Crippen molar-refractivity contribution in [3.8, 4) is 0 Å².